The number of hydrogen-bond acceptors (Lipinski definition) is 6. The van der Waals surface area contributed by atoms with Crippen LogP contribution in [-0.4, -0.2) is 37.3 Å². The summed E-state index contributed by atoms with van der Waals surface area (Å²) in [5.74, 6) is -0.00816. The molecule has 0 spiro atoms. The van der Waals surface area contributed by atoms with Crippen molar-refractivity contribution in [2.45, 2.75) is 32.7 Å². The van der Waals surface area contributed by atoms with Gasteiger partial charge in [-0.1, -0.05) is 13.3 Å². The number of carbonyl (C=O) groups excluding carboxylic acids is 1. The minimum Gasteiger partial charge on any atom is -0.472 e. The van der Waals surface area contributed by atoms with E-state index in [-0.39, 0.29) is 5.91 Å². The molecule has 5 aromatic heterocycles. The molecular weight excluding hydrogens is 466 g/mol. The van der Waals surface area contributed by atoms with E-state index in [0.717, 1.165) is 63.1 Å². The third-order valence-corrected chi connectivity index (χ3v) is 6.41. The average molecular weight is 492 g/mol. The Morgan fingerprint density at radius 3 is 2.92 bits per heavy atom. The molecule has 5 aromatic rings. The Hall–Kier alpha value is -4.79. The number of fused-ring (bicyclic) bond motifs is 2. The van der Waals surface area contributed by atoms with Crippen LogP contribution in [0, 0.1) is 0 Å². The van der Waals surface area contributed by atoms with Crippen LogP contribution in [0.4, 0.5) is 5.69 Å². The number of unbranched alkanes of at least 4 members (excludes halogenated alkanes) is 1. The molecule has 0 bridgehead atoms. The van der Waals surface area contributed by atoms with Crippen molar-refractivity contribution in [2.24, 2.45) is 4.99 Å². The molecule has 6 rings (SSSR count). The molecule has 0 aromatic carbocycles. The van der Waals surface area contributed by atoms with Gasteiger partial charge >= 0.3 is 0 Å². The minimum absolute atomic E-state index is 0.00816. The summed E-state index contributed by atoms with van der Waals surface area (Å²) in [6.07, 6.45) is 14.7. The quantitative estimate of drug-likeness (QED) is 0.267. The predicted molar refractivity (Wildman–Crippen MR) is 143 cm³/mol. The fourth-order valence-corrected chi connectivity index (χ4v) is 4.52. The molecule has 1 aliphatic heterocycles. The van der Waals surface area contributed by atoms with Gasteiger partial charge in [0.25, 0.3) is 0 Å². The molecule has 9 nitrogen and oxygen atoms in total. The fraction of sp³-hybridized carbons (Fsp3) is 0.179. The van der Waals surface area contributed by atoms with Gasteiger partial charge in [0.2, 0.25) is 5.91 Å². The Bertz CT molecular complexity index is 1640. The van der Waals surface area contributed by atoms with E-state index in [1.54, 1.807) is 31.1 Å². The molecule has 0 saturated carbocycles. The van der Waals surface area contributed by atoms with Crippen LogP contribution in [0.2, 0.25) is 0 Å². The summed E-state index contributed by atoms with van der Waals surface area (Å²) in [7, 11) is 0. The summed E-state index contributed by atoms with van der Waals surface area (Å²) in [5.41, 5.74) is 8.86. The maximum absolute atomic E-state index is 12.2. The molecule has 0 aliphatic carbocycles. The molecule has 184 valence electrons. The van der Waals surface area contributed by atoms with Gasteiger partial charge in [-0.25, -0.2) is 4.98 Å². The van der Waals surface area contributed by atoms with Crippen molar-refractivity contribution < 1.29 is 9.21 Å². The van der Waals surface area contributed by atoms with Crippen molar-refractivity contribution in [1.29, 1.82) is 0 Å². The molecular formula is C28H25N7O2. The fourth-order valence-electron chi connectivity index (χ4n) is 4.52. The average Bonchev–Trinajstić information content (AvgIpc) is 3.66. The summed E-state index contributed by atoms with van der Waals surface area (Å²) in [5, 5.41) is 11.4. The van der Waals surface area contributed by atoms with Gasteiger partial charge < -0.3 is 14.7 Å². The van der Waals surface area contributed by atoms with E-state index in [9.17, 15) is 4.79 Å². The number of allylic oxidation sites excluding steroid dienone is 1. The van der Waals surface area contributed by atoms with Crippen molar-refractivity contribution in [3.05, 3.63) is 78.3 Å². The number of carbonyl (C=O) groups is 1. The summed E-state index contributed by atoms with van der Waals surface area (Å²) >= 11 is 0. The second-order valence-corrected chi connectivity index (χ2v) is 8.97. The third kappa shape index (κ3) is 4.47. The van der Waals surface area contributed by atoms with Crippen LogP contribution in [0.5, 0.6) is 0 Å². The molecule has 0 unspecified atom stereocenters. The smallest absolute Gasteiger partial charge is 0.224 e. The molecule has 3 N–H and O–H groups in total. The molecule has 1 aliphatic rings. The normalized spacial score (nSPS) is 12.8. The number of H-pyrrole nitrogens is 2. The van der Waals surface area contributed by atoms with Crippen LogP contribution in [-0.2, 0) is 11.3 Å². The number of pyridine rings is 2. The number of rotatable bonds is 7. The van der Waals surface area contributed by atoms with Gasteiger partial charge in [-0.05, 0) is 42.3 Å². The highest BCUT2D eigenvalue weighted by Crippen LogP contribution is 2.35. The molecule has 9 heteroatoms. The Morgan fingerprint density at radius 1 is 1.14 bits per heavy atom. The Kier molecular flexibility index (Phi) is 5.94. The molecule has 1 amide bonds. The van der Waals surface area contributed by atoms with Gasteiger partial charge in [-0.15, -0.1) is 0 Å². The SMILES string of the molecule is CCCCC(=O)Nc1cncc(-c2cnc3n[nH]c(-c4cc5c([nH]4)CN=CC=C5c4ccoc4)c3c2)c1. The van der Waals surface area contributed by atoms with Crippen molar-refractivity contribution in [3.8, 4) is 22.5 Å². The van der Waals surface area contributed by atoms with Crippen molar-refractivity contribution in [1.82, 2.24) is 25.1 Å². The topological polar surface area (TPSA) is 125 Å². The molecule has 0 radical (unpaired) electrons. The maximum atomic E-state index is 12.2. The van der Waals surface area contributed by atoms with E-state index in [1.165, 1.54) is 0 Å². The number of aliphatic imine (C=N–C) groups is 1. The second-order valence-electron chi connectivity index (χ2n) is 8.97. The van der Waals surface area contributed by atoms with Crippen molar-refractivity contribution >= 4 is 34.4 Å². The zero-order valence-electron chi connectivity index (χ0n) is 20.3. The molecule has 37 heavy (non-hydrogen) atoms. The number of nitrogens with zero attached hydrogens (tertiary/aromatic N) is 4. The first-order valence-electron chi connectivity index (χ1n) is 12.2. The van der Waals surface area contributed by atoms with Gasteiger partial charge in [0.15, 0.2) is 5.65 Å². The van der Waals surface area contributed by atoms with E-state index in [1.807, 2.05) is 30.5 Å². The lowest BCUT2D eigenvalue weighted by atomic mass is 10.00. The van der Waals surface area contributed by atoms with Gasteiger partial charge in [0, 0.05) is 58.4 Å². The number of aromatic amines is 2. The first-order valence-corrected chi connectivity index (χ1v) is 12.2. The van der Waals surface area contributed by atoms with E-state index in [4.69, 9.17) is 4.42 Å². The summed E-state index contributed by atoms with van der Waals surface area (Å²) in [6, 6.07) is 8.00. The van der Waals surface area contributed by atoms with Gasteiger partial charge in [0.05, 0.1) is 42.3 Å². The molecule has 6 heterocycles. The molecule has 0 atom stereocenters. The predicted octanol–water partition coefficient (Wildman–Crippen LogP) is 5.75. The molecule has 0 fully saturated rings. The van der Waals surface area contributed by atoms with Crippen LogP contribution in [0.3, 0.4) is 0 Å². The first kappa shape index (κ1) is 22.7. The van der Waals surface area contributed by atoms with Crippen molar-refractivity contribution in [3.63, 3.8) is 0 Å². The first-order chi connectivity index (χ1) is 18.2. The van der Waals surface area contributed by atoms with E-state index < -0.39 is 0 Å². The van der Waals surface area contributed by atoms with Gasteiger partial charge in [-0.3, -0.25) is 19.9 Å². The number of amides is 1. The largest absolute Gasteiger partial charge is 0.472 e. The van der Waals surface area contributed by atoms with Crippen LogP contribution >= 0.6 is 0 Å². The monoisotopic (exact) mass is 491 g/mol. The van der Waals surface area contributed by atoms with Crippen LogP contribution < -0.4 is 5.32 Å². The van der Waals surface area contributed by atoms with Crippen LogP contribution in [0.25, 0.3) is 39.1 Å². The van der Waals surface area contributed by atoms with Crippen molar-refractivity contribution in [2.75, 3.05) is 5.32 Å². The number of aromatic nitrogens is 5. The van der Waals surface area contributed by atoms with Gasteiger partial charge in [0.1, 0.15) is 0 Å². The summed E-state index contributed by atoms with van der Waals surface area (Å²) < 4.78 is 5.31. The third-order valence-electron chi connectivity index (χ3n) is 6.41. The highest BCUT2D eigenvalue weighted by molar-refractivity contribution is 5.97. The highest BCUT2D eigenvalue weighted by Gasteiger charge is 2.19. The maximum Gasteiger partial charge on any atom is 0.224 e. The highest BCUT2D eigenvalue weighted by atomic mass is 16.3. The van der Waals surface area contributed by atoms with Gasteiger partial charge in [-0.2, -0.15) is 5.10 Å². The zero-order chi connectivity index (χ0) is 25.2. The lowest BCUT2D eigenvalue weighted by Gasteiger charge is -2.07. The summed E-state index contributed by atoms with van der Waals surface area (Å²) in [6.45, 7) is 2.61. The Morgan fingerprint density at radius 2 is 2.05 bits per heavy atom. The lowest BCUT2D eigenvalue weighted by molar-refractivity contribution is -0.116. The second kappa shape index (κ2) is 9.69. The lowest BCUT2D eigenvalue weighted by Crippen LogP contribution is -2.11. The number of anilines is 1. The number of furan rings is 1. The van der Waals surface area contributed by atoms with E-state index >= 15 is 0 Å². The van der Waals surface area contributed by atoms with Crippen LogP contribution in [0.15, 0.2) is 70.9 Å². The minimum atomic E-state index is -0.00816. The summed E-state index contributed by atoms with van der Waals surface area (Å²) in [4.78, 5) is 29.1. The number of hydrogen-bond donors (Lipinski definition) is 3. The Balaban J connectivity index is 1.35. The standard InChI is InChI=1S/C28H25N7O2/c1-2-3-4-26(36)32-20-9-18(12-30-14-20)19-10-23-27(34-35-28(23)31-13-19)24-11-22-21(17-6-8-37-16-17)5-7-29-15-25(22)33-24/h5-14,16,33H,2-4,15H2,1H3,(H,32,36)(H,31,34,35). The number of nitrogens with one attached hydrogen (secondary N) is 3. The van der Waals surface area contributed by atoms with Crippen LogP contribution in [0.1, 0.15) is 43.0 Å². The Labute approximate surface area is 212 Å². The van der Waals surface area contributed by atoms with E-state index in [2.05, 4.69) is 48.4 Å². The zero-order valence-corrected chi connectivity index (χ0v) is 20.3. The molecule has 0 saturated heterocycles. The van der Waals surface area contributed by atoms with E-state index in [0.29, 0.717) is 24.3 Å².